The standard InChI is InChI=1S/C18H13BrCl2N2O3S/c19-12-1-5-18(6-2-12)27(24,25)23-11-17-4-3-16(26-17)10-22-15-8-13(20)7-14(21)9-15/h1-10,23H,11H2. The molecule has 0 saturated heterocycles. The van der Waals surface area contributed by atoms with Crippen LogP contribution in [0.1, 0.15) is 11.5 Å². The SMILES string of the molecule is O=S(=O)(NCc1ccc(C=Nc2cc(Cl)cc(Cl)c2)o1)c1ccc(Br)cc1. The molecule has 0 aliphatic rings. The molecule has 0 amide bonds. The van der Waals surface area contributed by atoms with Crippen molar-refractivity contribution in [2.45, 2.75) is 11.4 Å². The maximum absolute atomic E-state index is 12.3. The fraction of sp³-hybridized carbons (Fsp3) is 0.0556. The summed E-state index contributed by atoms with van der Waals surface area (Å²) in [5.41, 5.74) is 0.585. The van der Waals surface area contributed by atoms with Gasteiger partial charge in [-0.25, -0.2) is 13.1 Å². The third-order valence-corrected chi connectivity index (χ3v) is 5.81. The summed E-state index contributed by atoms with van der Waals surface area (Å²) >= 11 is 15.1. The fourth-order valence-corrected chi connectivity index (χ4v) is 3.95. The van der Waals surface area contributed by atoms with E-state index in [4.69, 9.17) is 27.6 Å². The van der Waals surface area contributed by atoms with E-state index in [1.807, 2.05) is 0 Å². The Morgan fingerprint density at radius 3 is 2.37 bits per heavy atom. The molecule has 0 fully saturated rings. The van der Waals surface area contributed by atoms with Crippen LogP contribution < -0.4 is 4.72 Å². The Labute approximate surface area is 175 Å². The quantitative estimate of drug-likeness (QED) is 0.461. The molecule has 0 bridgehead atoms. The van der Waals surface area contributed by atoms with Crippen LogP contribution in [-0.4, -0.2) is 14.6 Å². The maximum Gasteiger partial charge on any atom is 0.240 e. The second kappa shape index (κ2) is 8.58. The molecule has 0 unspecified atom stereocenters. The molecule has 5 nitrogen and oxygen atoms in total. The molecule has 2 aromatic carbocycles. The van der Waals surface area contributed by atoms with Gasteiger partial charge in [-0.2, -0.15) is 0 Å². The number of rotatable bonds is 6. The number of aliphatic imine (C=N–C) groups is 1. The summed E-state index contributed by atoms with van der Waals surface area (Å²) in [6.45, 7) is 0.0230. The number of furan rings is 1. The first kappa shape index (κ1) is 20.1. The topological polar surface area (TPSA) is 71.7 Å². The summed E-state index contributed by atoms with van der Waals surface area (Å²) < 4.78 is 33.4. The highest BCUT2D eigenvalue weighted by Crippen LogP contribution is 2.24. The molecule has 0 atom stereocenters. The molecular formula is C18H13BrCl2N2O3S. The van der Waals surface area contributed by atoms with Crippen molar-refractivity contribution < 1.29 is 12.8 Å². The van der Waals surface area contributed by atoms with Gasteiger partial charge < -0.3 is 4.42 Å². The van der Waals surface area contributed by atoms with Gasteiger partial charge in [-0.15, -0.1) is 0 Å². The van der Waals surface area contributed by atoms with E-state index in [1.165, 1.54) is 18.3 Å². The summed E-state index contributed by atoms with van der Waals surface area (Å²) in [5.74, 6) is 0.935. The Bertz CT molecular complexity index is 1060. The number of hydrogen-bond acceptors (Lipinski definition) is 4. The fourth-order valence-electron chi connectivity index (χ4n) is 2.17. The number of nitrogens with zero attached hydrogens (tertiary/aromatic N) is 1. The Kier molecular flexibility index (Phi) is 6.39. The minimum atomic E-state index is -3.62. The van der Waals surface area contributed by atoms with Gasteiger partial charge in [-0.3, -0.25) is 4.99 Å². The lowest BCUT2D eigenvalue weighted by molar-refractivity contribution is 0.494. The van der Waals surface area contributed by atoms with Gasteiger partial charge >= 0.3 is 0 Å². The van der Waals surface area contributed by atoms with Crippen LogP contribution in [-0.2, 0) is 16.6 Å². The molecule has 1 heterocycles. The Morgan fingerprint density at radius 2 is 1.70 bits per heavy atom. The highest BCUT2D eigenvalue weighted by molar-refractivity contribution is 9.10. The lowest BCUT2D eigenvalue weighted by atomic mass is 10.3. The van der Waals surface area contributed by atoms with Crippen molar-refractivity contribution in [3.8, 4) is 0 Å². The normalized spacial score (nSPS) is 12.0. The Hall–Kier alpha value is -1.64. The van der Waals surface area contributed by atoms with E-state index in [9.17, 15) is 8.42 Å². The molecule has 1 N–H and O–H groups in total. The van der Waals surface area contributed by atoms with Crippen LogP contribution in [0.3, 0.4) is 0 Å². The molecule has 27 heavy (non-hydrogen) atoms. The molecule has 140 valence electrons. The molecule has 0 aliphatic carbocycles. The van der Waals surface area contributed by atoms with Crippen molar-refractivity contribution in [2.75, 3.05) is 0 Å². The molecule has 9 heteroatoms. The smallest absolute Gasteiger partial charge is 0.240 e. The molecule has 3 rings (SSSR count). The zero-order chi connectivity index (χ0) is 19.4. The summed E-state index contributed by atoms with van der Waals surface area (Å²) in [4.78, 5) is 4.42. The third-order valence-electron chi connectivity index (χ3n) is 3.43. The Balaban J connectivity index is 1.65. The molecule has 0 spiro atoms. The summed E-state index contributed by atoms with van der Waals surface area (Å²) in [6.07, 6.45) is 1.51. The number of nitrogens with one attached hydrogen (secondary N) is 1. The lowest BCUT2D eigenvalue weighted by Crippen LogP contribution is -2.22. The predicted octanol–water partition coefficient (Wildman–Crippen LogP) is 5.58. The third kappa shape index (κ3) is 5.67. The highest BCUT2D eigenvalue weighted by atomic mass is 79.9. The summed E-state index contributed by atoms with van der Waals surface area (Å²) in [5, 5.41) is 0.967. The van der Waals surface area contributed by atoms with Crippen LogP contribution >= 0.6 is 39.1 Å². The molecular weight excluding hydrogens is 475 g/mol. The first-order chi connectivity index (χ1) is 12.8. The lowest BCUT2D eigenvalue weighted by Gasteiger charge is -2.05. The monoisotopic (exact) mass is 486 g/mol. The van der Waals surface area contributed by atoms with Crippen molar-refractivity contribution >= 4 is 61.1 Å². The molecule has 0 saturated carbocycles. The maximum atomic E-state index is 12.3. The molecule has 0 aliphatic heterocycles. The van der Waals surface area contributed by atoms with E-state index >= 15 is 0 Å². The van der Waals surface area contributed by atoms with E-state index in [0.29, 0.717) is 27.3 Å². The summed E-state index contributed by atoms with van der Waals surface area (Å²) in [6, 6.07) is 14.7. The number of benzene rings is 2. The van der Waals surface area contributed by atoms with Gasteiger partial charge in [0.25, 0.3) is 0 Å². The number of halogens is 3. The molecule has 0 radical (unpaired) electrons. The van der Waals surface area contributed by atoms with Gasteiger partial charge in [-0.1, -0.05) is 39.1 Å². The zero-order valence-electron chi connectivity index (χ0n) is 13.7. The van der Waals surface area contributed by atoms with Crippen molar-refractivity contribution in [1.82, 2.24) is 4.72 Å². The minimum absolute atomic E-state index is 0.0230. The van der Waals surface area contributed by atoms with Crippen molar-refractivity contribution in [2.24, 2.45) is 4.99 Å². The van der Waals surface area contributed by atoms with Crippen molar-refractivity contribution in [3.05, 3.63) is 80.6 Å². The van der Waals surface area contributed by atoms with E-state index in [-0.39, 0.29) is 11.4 Å². The molecule has 3 aromatic rings. The average molecular weight is 488 g/mol. The van der Waals surface area contributed by atoms with Gasteiger partial charge in [0.2, 0.25) is 10.0 Å². The van der Waals surface area contributed by atoms with Crippen molar-refractivity contribution in [1.29, 1.82) is 0 Å². The first-order valence-corrected chi connectivity index (χ1v) is 10.7. The van der Waals surface area contributed by atoms with Crippen LogP contribution in [0.15, 0.2) is 73.4 Å². The van der Waals surface area contributed by atoms with Crippen LogP contribution in [0.5, 0.6) is 0 Å². The van der Waals surface area contributed by atoms with Crippen LogP contribution in [0.2, 0.25) is 10.0 Å². The van der Waals surface area contributed by atoms with E-state index in [1.54, 1.807) is 42.5 Å². The Morgan fingerprint density at radius 1 is 1.04 bits per heavy atom. The van der Waals surface area contributed by atoms with Gasteiger partial charge in [0, 0.05) is 14.5 Å². The van der Waals surface area contributed by atoms with Crippen molar-refractivity contribution in [3.63, 3.8) is 0 Å². The predicted molar refractivity (Wildman–Crippen MR) is 111 cm³/mol. The number of sulfonamides is 1. The van der Waals surface area contributed by atoms with Crippen LogP contribution in [0.25, 0.3) is 0 Å². The second-order valence-electron chi connectivity index (χ2n) is 5.47. The number of hydrogen-bond donors (Lipinski definition) is 1. The largest absolute Gasteiger partial charge is 0.459 e. The highest BCUT2D eigenvalue weighted by Gasteiger charge is 2.14. The second-order valence-corrected chi connectivity index (χ2v) is 9.02. The minimum Gasteiger partial charge on any atom is -0.459 e. The molecule has 1 aromatic heterocycles. The zero-order valence-corrected chi connectivity index (χ0v) is 17.6. The summed E-state index contributed by atoms with van der Waals surface area (Å²) in [7, 11) is -3.62. The van der Waals surface area contributed by atoms with E-state index < -0.39 is 10.0 Å². The van der Waals surface area contributed by atoms with E-state index in [0.717, 1.165) is 4.47 Å². The van der Waals surface area contributed by atoms with Gasteiger partial charge in [0.05, 0.1) is 23.3 Å². The van der Waals surface area contributed by atoms with Crippen LogP contribution in [0, 0.1) is 0 Å². The van der Waals surface area contributed by atoms with Gasteiger partial charge in [0.1, 0.15) is 11.5 Å². The average Bonchev–Trinajstić information content (AvgIpc) is 3.06. The first-order valence-electron chi connectivity index (χ1n) is 7.66. The van der Waals surface area contributed by atoms with Gasteiger partial charge in [-0.05, 0) is 54.6 Å². The van der Waals surface area contributed by atoms with Gasteiger partial charge in [0.15, 0.2) is 0 Å². The van der Waals surface area contributed by atoms with E-state index in [2.05, 4.69) is 25.6 Å². The van der Waals surface area contributed by atoms with Crippen LogP contribution in [0.4, 0.5) is 5.69 Å².